The number of benzene rings is 2. The first-order chi connectivity index (χ1) is 12.5. The zero-order chi connectivity index (χ0) is 19.1. The minimum absolute atomic E-state index is 0.00953. The van der Waals surface area contributed by atoms with Gasteiger partial charge in [0.2, 0.25) is 5.82 Å². The van der Waals surface area contributed by atoms with Gasteiger partial charge in [0.1, 0.15) is 11.5 Å². The molecule has 0 saturated heterocycles. The predicted octanol–water partition coefficient (Wildman–Crippen LogP) is 6.56. The van der Waals surface area contributed by atoms with Crippen molar-refractivity contribution in [2.24, 2.45) is 0 Å². The summed E-state index contributed by atoms with van der Waals surface area (Å²) in [6, 6.07) is 4.27. The van der Waals surface area contributed by atoms with Gasteiger partial charge in [0.05, 0.1) is 6.61 Å². The molecular formula is C20H22F4O2. The van der Waals surface area contributed by atoms with E-state index in [1.165, 1.54) is 12.1 Å². The van der Waals surface area contributed by atoms with Gasteiger partial charge in [0.25, 0.3) is 0 Å². The molecule has 0 bridgehead atoms. The van der Waals surface area contributed by atoms with Gasteiger partial charge in [0.15, 0.2) is 23.2 Å². The van der Waals surface area contributed by atoms with Crippen molar-refractivity contribution in [2.75, 3.05) is 6.61 Å². The Morgan fingerprint density at radius 3 is 2.08 bits per heavy atom. The highest BCUT2D eigenvalue weighted by atomic mass is 19.2. The number of hydrogen-bond donors (Lipinski definition) is 0. The van der Waals surface area contributed by atoms with E-state index in [1.54, 1.807) is 0 Å². The first-order valence-corrected chi connectivity index (χ1v) is 8.73. The van der Waals surface area contributed by atoms with Gasteiger partial charge in [-0.1, -0.05) is 33.1 Å². The average Bonchev–Trinajstić information content (AvgIpc) is 2.60. The van der Waals surface area contributed by atoms with Crippen molar-refractivity contribution in [3.63, 3.8) is 0 Å². The number of rotatable bonds is 9. The van der Waals surface area contributed by atoms with Gasteiger partial charge >= 0.3 is 0 Å². The Morgan fingerprint density at radius 1 is 0.769 bits per heavy atom. The van der Waals surface area contributed by atoms with Crippen molar-refractivity contribution in [1.82, 2.24) is 0 Å². The Hall–Kier alpha value is -2.24. The molecule has 0 saturated carbocycles. The van der Waals surface area contributed by atoms with Crippen LogP contribution in [0.25, 0.3) is 0 Å². The molecule has 0 aliphatic carbocycles. The fourth-order valence-corrected chi connectivity index (χ4v) is 2.50. The maximum absolute atomic E-state index is 13.8. The SMILES string of the molecule is CCCCCOc1cc(Oc2cc(F)c(F)c(CCC)c2)cc(F)c1F. The Labute approximate surface area is 150 Å². The predicted molar refractivity (Wildman–Crippen MR) is 91.8 cm³/mol. The van der Waals surface area contributed by atoms with Crippen LogP contribution in [-0.4, -0.2) is 6.61 Å². The second-order valence-corrected chi connectivity index (χ2v) is 6.00. The van der Waals surface area contributed by atoms with Crippen LogP contribution in [-0.2, 0) is 6.42 Å². The Bertz CT molecular complexity index is 747. The summed E-state index contributed by atoms with van der Waals surface area (Å²) in [4.78, 5) is 0. The summed E-state index contributed by atoms with van der Waals surface area (Å²) in [5.41, 5.74) is 0.168. The lowest BCUT2D eigenvalue weighted by Gasteiger charge is -2.12. The van der Waals surface area contributed by atoms with Crippen molar-refractivity contribution in [3.8, 4) is 17.2 Å². The summed E-state index contributed by atoms with van der Waals surface area (Å²) in [5.74, 6) is -4.53. The van der Waals surface area contributed by atoms with E-state index >= 15 is 0 Å². The van der Waals surface area contributed by atoms with Crippen LogP contribution in [0.5, 0.6) is 17.2 Å². The van der Waals surface area contributed by atoms with E-state index in [-0.39, 0.29) is 29.4 Å². The van der Waals surface area contributed by atoms with Crippen LogP contribution in [0.15, 0.2) is 24.3 Å². The maximum Gasteiger partial charge on any atom is 0.200 e. The fourth-order valence-electron chi connectivity index (χ4n) is 2.50. The standard InChI is InChI=1S/C20H22F4O2/c1-3-5-6-8-25-18-12-15(11-17(22)20(18)24)26-14-9-13(7-4-2)19(23)16(21)10-14/h9-12H,3-8H2,1-2H3. The zero-order valence-electron chi connectivity index (χ0n) is 14.9. The molecule has 0 radical (unpaired) electrons. The van der Waals surface area contributed by atoms with E-state index in [0.717, 1.165) is 25.0 Å². The molecule has 0 aromatic heterocycles. The normalized spacial score (nSPS) is 10.8. The van der Waals surface area contributed by atoms with Crippen LogP contribution in [0.3, 0.4) is 0 Å². The highest BCUT2D eigenvalue weighted by Gasteiger charge is 2.16. The van der Waals surface area contributed by atoms with Gasteiger partial charge in [-0.3, -0.25) is 0 Å². The van der Waals surface area contributed by atoms with Gasteiger partial charge in [-0.15, -0.1) is 0 Å². The van der Waals surface area contributed by atoms with E-state index in [9.17, 15) is 17.6 Å². The maximum atomic E-state index is 13.8. The van der Waals surface area contributed by atoms with Crippen LogP contribution in [0, 0.1) is 23.3 Å². The lowest BCUT2D eigenvalue weighted by atomic mass is 10.1. The molecule has 2 aromatic carbocycles. The molecule has 0 unspecified atom stereocenters. The minimum atomic E-state index is -1.13. The van der Waals surface area contributed by atoms with Gasteiger partial charge < -0.3 is 9.47 Å². The quantitative estimate of drug-likeness (QED) is 0.368. The first-order valence-electron chi connectivity index (χ1n) is 8.73. The Morgan fingerprint density at radius 2 is 1.42 bits per heavy atom. The number of ether oxygens (including phenoxy) is 2. The number of unbranched alkanes of at least 4 members (excludes halogenated alkanes) is 2. The molecule has 2 aromatic rings. The zero-order valence-corrected chi connectivity index (χ0v) is 14.9. The Kier molecular flexibility index (Phi) is 7.30. The topological polar surface area (TPSA) is 18.5 Å². The molecule has 0 fully saturated rings. The molecule has 0 aliphatic rings. The van der Waals surface area contributed by atoms with Crippen LogP contribution >= 0.6 is 0 Å². The van der Waals surface area contributed by atoms with Crippen LogP contribution in [0.2, 0.25) is 0 Å². The lowest BCUT2D eigenvalue weighted by molar-refractivity contribution is 0.284. The molecule has 0 aliphatic heterocycles. The molecule has 2 rings (SSSR count). The van der Waals surface area contributed by atoms with E-state index in [2.05, 4.69) is 0 Å². The monoisotopic (exact) mass is 370 g/mol. The van der Waals surface area contributed by atoms with Gasteiger partial charge in [-0.25, -0.2) is 13.2 Å². The summed E-state index contributed by atoms with van der Waals surface area (Å²) in [7, 11) is 0. The molecule has 0 amide bonds. The summed E-state index contributed by atoms with van der Waals surface area (Å²) >= 11 is 0. The molecule has 0 atom stereocenters. The summed E-state index contributed by atoms with van der Waals surface area (Å²) in [6.07, 6.45) is 3.56. The first kappa shape index (κ1) is 20.1. The molecule has 0 N–H and O–H groups in total. The molecule has 142 valence electrons. The second-order valence-electron chi connectivity index (χ2n) is 6.00. The van der Waals surface area contributed by atoms with Gasteiger partial charge in [0, 0.05) is 18.2 Å². The highest BCUT2D eigenvalue weighted by Crippen LogP contribution is 2.31. The number of halogens is 4. The summed E-state index contributed by atoms with van der Waals surface area (Å²) in [6.45, 7) is 4.10. The van der Waals surface area contributed by atoms with Crippen LogP contribution in [0.4, 0.5) is 17.6 Å². The van der Waals surface area contributed by atoms with Gasteiger partial charge in [-0.2, -0.15) is 4.39 Å². The molecule has 6 heteroatoms. The third kappa shape index (κ3) is 5.13. The smallest absolute Gasteiger partial charge is 0.200 e. The largest absolute Gasteiger partial charge is 0.490 e. The summed E-state index contributed by atoms with van der Waals surface area (Å²) in [5, 5.41) is 0. The molecule has 0 heterocycles. The minimum Gasteiger partial charge on any atom is -0.490 e. The number of hydrogen-bond acceptors (Lipinski definition) is 2. The lowest BCUT2D eigenvalue weighted by Crippen LogP contribution is -2.01. The molecule has 26 heavy (non-hydrogen) atoms. The van der Waals surface area contributed by atoms with E-state index in [0.29, 0.717) is 19.3 Å². The Balaban J connectivity index is 2.22. The van der Waals surface area contributed by atoms with Gasteiger partial charge in [-0.05, 0) is 24.5 Å². The van der Waals surface area contributed by atoms with Crippen LogP contribution in [0.1, 0.15) is 45.1 Å². The highest BCUT2D eigenvalue weighted by molar-refractivity contribution is 5.40. The van der Waals surface area contributed by atoms with E-state index < -0.39 is 23.3 Å². The third-order valence-corrected chi connectivity index (χ3v) is 3.81. The number of aryl methyl sites for hydroxylation is 1. The summed E-state index contributed by atoms with van der Waals surface area (Å²) < 4.78 is 65.8. The van der Waals surface area contributed by atoms with Crippen molar-refractivity contribution in [2.45, 2.75) is 46.0 Å². The van der Waals surface area contributed by atoms with Crippen molar-refractivity contribution >= 4 is 0 Å². The van der Waals surface area contributed by atoms with Crippen LogP contribution < -0.4 is 9.47 Å². The molecular weight excluding hydrogens is 348 g/mol. The third-order valence-electron chi connectivity index (χ3n) is 3.81. The second kappa shape index (κ2) is 9.46. The van der Waals surface area contributed by atoms with E-state index in [4.69, 9.17) is 9.47 Å². The fraction of sp³-hybridized carbons (Fsp3) is 0.400. The van der Waals surface area contributed by atoms with Crippen molar-refractivity contribution in [3.05, 3.63) is 53.1 Å². The average molecular weight is 370 g/mol. The molecule has 0 spiro atoms. The van der Waals surface area contributed by atoms with Crippen molar-refractivity contribution in [1.29, 1.82) is 0 Å². The van der Waals surface area contributed by atoms with E-state index in [1.807, 2.05) is 13.8 Å². The van der Waals surface area contributed by atoms with Crippen molar-refractivity contribution < 1.29 is 27.0 Å². The molecule has 2 nitrogen and oxygen atoms in total.